The standard InChI is InChI=1S/C20H25ClO3.C5H10/c1-3-4-20(21)16(12-15-5-8-17(22)9-6-15)7-10-19-13-18(23)11-14(2)24-19;1-2-4-5-3-1/h3-10,14,18-19,22-23H,11-13H2,1-2H3;1-5H2/b4-3-,10-7+,20-16-;. The number of ether oxygens (including phenoxy) is 1. The van der Waals surface area contributed by atoms with Crippen molar-refractivity contribution in [2.75, 3.05) is 0 Å². The Morgan fingerprint density at radius 1 is 1.07 bits per heavy atom. The Morgan fingerprint density at radius 2 is 1.69 bits per heavy atom. The smallest absolute Gasteiger partial charge is 0.115 e. The highest BCUT2D eigenvalue weighted by atomic mass is 35.5. The van der Waals surface area contributed by atoms with Crippen LogP contribution >= 0.6 is 11.6 Å². The molecule has 3 atom stereocenters. The summed E-state index contributed by atoms with van der Waals surface area (Å²) in [4.78, 5) is 0. The Morgan fingerprint density at radius 3 is 2.24 bits per heavy atom. The number of aliphatic hydroxyl groups is 1. The number of hydrogen-bond donors (Lipinski definition) is 2. The van der Waals surface area contributed by atoms with Crippen LogP contribution in [0.5, 0.6) is 5.75 Å². The Bertz CT molecular complexity index is 669. The van der Waals surface area contributed by atoms with E-state index in [1.165, 1.54) is 32.1 Å². The van der Waals surface area contributed by atoms with Gasteiger partial charge in [0.25, 0.3) is 0 Å². The first-order valence-electron chi connectivity index (χ1n) is 10.8. The maximum atomic E-state index is 9.88. The zero-order chi connectivity index (χ0) is 21.1. The van der Waals surface area contributed by atoms with Crippen molar-refractivity contribution in [1.29, 1.82) is 0 Å². The van der Waals surface area contributed by atoms with Crippen LogP contribution in [0.1, 0.15) is 64.4 Å². The van der Waals surface area contributed by atoms with Gasteiger partial charge in [0.1, 0.15) is 5.75 Å². The van der Waals surface area contributed by atoms with Gasteiger partial charge >= 0.3 is 0 Å². The molecule has 2 N–H and O–H groups in total. The first-order valence-corrected chi connectivity index (χ1v) is 11.2. The average Bonchev–Trinajstić information content (AvgIpc) is 3.26. The zero-order valence-electron chi connectivity index (χ0n) is 17.7. The van der Waals surface area contributed by atoms with E-state index in [0.717, 1.165) is 11.1 Å². The fraction of sp³-hybridized carbons (Fsp3) is 0.520. The molecule has 1 saturated heterocycles. The highest BCUT2D eigenvalue weighted by Crippen LogP contribution is 2.23. The summed E-state index contributed by atoms with van der Waals surface area (Å²) >= 11 is 6.41. The lowest BCUT2D eigenvalue weighted by Gasteiger charge is -2.29. The van der Waals surface area contributed by atoms with Crippen molar-refractivity contribution < 1.29 is 14.9 Å². The maximum absolute atomic E-state index is 9.88. The van der Waals surface area contributed by atoms with Crippen molar-refractivity contribution in [2.24, 2.45) is 0 Å². The van der Waals surface area contributed by atoms with E-state index < -0.39 is 0 Å². The highest BCUT2D eigenvalue weighted by Gasteiger charge is 2.23. The van der Waals surface area contributed by atoms with Crippen LogP contribution in [0.15, 0.2) is 59.2 Å². The number of phenolic OH excluding ortho intramolecular Hbond substituents is 1. The lowest BCUT2D eigenvalue weighted by Crippen LogP contribution is -2.32. The van der Waals surface area contributed by atoms with Gasteiger partial charge < -0.3 is 14.9 Å². The van der Waals surface area contributed by atoms with Crippen LogP contribution in [-0.2, 0) is 11.2 Å². The molecular weight excluding hydrogens is 384 g/mol. The molecule has 0 spiro atoms. The lowest BCUT2D eigenvalue weighted by molar-refractivity contribution is -0.0672. The Balaban J connectivity index is 0.000000521. The molecule has 0 bridgehead atoms. The number of hydrogen-bond acceptors (Lipinski definition) is 3. The Kier molecular flexibility index (Phi) is 10.5. The van der Waals surface area contributed by atoms with Crippen LogP contribution < -0.4 is 0 Å². The fourth-order valence-electron chi connectivity index (χ4n) is 3.70. The van der Waals surface area contributed by atoms with Gasteiger partial charge in [-0.2, -0.15) is 0 Å². The second-order valence-corrected chi connectivity index (χ2v) is 8.36. The van der Waals surface area contributed by atoms with Crippen molar-refractivity contribution in [2.45, 2.75) is 83.5 Å². The second-order valence-electron chi connectivity index (χ2n) is 7.95. The predicted molar refractivity (Wildman–Crippen MR) is 121 cm³/mol. The highest BCUT2D eigenvalue weighted by molar-refractivity contribution is 6.31. The van der Waals surface area contributed by atoms with Crippen molar-refractivity contribution in [3.63, 3.8) is 0 Å². The van der Waals surface area contributed by atoms with E-state index in [0.29, 0.717) is 24.3 Å². The summed E-state index contributed by atoms with van der Waals surface area (Å²) in [5.41, 5.74) is 2.03. The topological polar surface area (TPSA) is 49.7 Å². The van der Waals surface area contributed by atoms with Crippen LogP contribution in [0.25, 0.3) is 0 Å². The van der Waals surface area contributed by atoms with Gasteiger partial charge in [-0.3, -0.25) is 0 Å². The molecule has 1 aromatic carbocycles. The summed E-state index contributed by atoms with van der Waals surface area (Å²) < 4.78 is 5.85. The molecule has 0 aromatic heterocycles. The van der Waals surface area contributed by atoms with Crippen LogP contribution in [0.2, 0.25) is 0 Å². The number of aliphatic hydroxyl groups excluding tert-OH is 1. The molecule has 29 heavy (non-hydrogen) atoms. The molecule has 0 radical (unpaired) electrons. The third kappa shape index (κ3) is 9.20. The molecule has 1 aliphatic heterocycles. The van der Waals surface area contributed by atoms with Gasteiger partial charge in [-0.25, -0.2) is 0 Å². The summed E-state index contributed by atoms with van der Waals surface area (Å²) in [6.45, 7) is 3.90. The summed E-state index contributed by atoms with van der Waals surface area (Å²) in [6.07, 6.45) is 16.8. The van der Waals surface area contributed by atoms with Crippen LogP contribution in [0.4, 0.5) is 0 Å². The molecule has 3 nitrogen and oxygen atoms in total. The largest absolute Gasteiger partial charge is 0.508 e. The van der Waals surface area contributed by atoms with Gasteiger partial charge in [-0.15, -0.1) is 0 Å². The summed E-state index contributed by atoms with van der Waals surface area (Å²) in [6, 6.07) is 7.10. The Hall–Kier alpha value is -1.55. The SMILES string of the molecule is C1CCCC1.C\C=C/C(Cl)=C(\C=C\C1CC(O)CC(C)O1)Cc1ccc(O)cc1. The minimum atomic E-state index is -0.320. The molecule has 2 fully saturated rings. The Labute approximate surface area is 180 Å². The number of aromatic hydroxyl groups is 1. The van der Waals surface area contributed by atoms with E-state index in [-0.39, 0.29) is 24.1 Å². The first-order chi connectivity index (χ1) is 14.0. The third-order valence-corrected chi connectivity index (χ3v) is 5.60. The van der Waals surface area contributed by atoms with E-state index in [4.69, 9.17) is 16.3 Å². The van der Waals surface area contributed by atoms with Crippen LogP contribution in [0, 0.1) is 0 Å². The molecule has 1 saturated carbocycles. The number of allylic oxidation sites excluding steroid dienone is 5. The van der Waals surface area contributed by atoms with Crippen molar-refractivity contribution in [3.05, 3.63) is 64.7 Å². The van der Waals surface area contributed by atoms with Gasteiger partial charge in [0, 0.05) is 11.5 Å². The van der Waals surface area contributed by atoms with E-state index in [1.807, 2.05) is 50.3 Å². The maximum Gasteiger partial charge on any atom is 0.115 e. The van der Waals surface area contributed by atoms with Gasteiger partial charge in [0.2, 0.25) is 0 Å². The van der Waals surface area contributed by atoms with E-state index in [9.17, 15) is 10.2 Å². The number of benzene rings is 1. The zero-order valence-corrected chi connectivity index (χ0v) is 18.4. The molecule has 4 heteroatoms. The minimum Gasteiger partial charge on any atom is -0.508 e. The molecule has 1 aliphatic carbocycles. The number of halogens is 1. The lowest BCUT2D eigenvalue weighted by atomic mass is 9.99. The third-order valence-electron chi connectivity index (χ3n) is 5.23. The predicted octanol–water partition coefficient (Wildman–Crippen LogP) is 6.44. The van der Waals surface area contributed by atoms with Crippen LogP contribution in [-0.4, -0.2) is 28.5 Å². The molecular formula is C25H35ClO3. The van der Waals surface area contributed by atoms with E-state index in [1.54, 1.807) is 12.1 Å². The van der Waals surface area contributed by atoms with Gasteiger partial charge in [0.15, 0.2) is 0 Å². The molecule has 3 rings (SSSR count). The average molecular weight is 419 g/mol. The number of rotatable bonds is 5. The first kappa shape index (κ1) is 23.7. The molecule has 2 aliphatic rings. The summed E-state index contributed by atoms with van der Waals surface area (Å²) in [5, 5.41) is 20.0. The van der Waals surface area contributed by atoms with Crippen molar-refractivity contribution in [3.8, 4) is 5.75 Å². The van der Waals surface area contributed by atoms with Crippen molar-refractivity contribution >= 4 is 11.6 Å². The van der Waals surface area contributed by atoms with Gasteiger partial charge in [-0.1, -0.05) is 74.1 Å². The van der Waals surface area contributed by atoms with Gasteiger partial charge in [0.05, 0.1) is 18.3 Å². The van der Waals surface area contributed by atoms with E-state index >= 15 is 0 Å². The molecule has 160 valence electrons. The molecule has 1 aromatic rings. The second kappa shape index (κ2) is 12.9. The number of phenols is 1. The summed E-state index contributed by atoms with van der Waals surface area (Å²) in [7, 11) is 0. The van der Waals surface area contributed by atoms with E-state index in [2.05, 4.69) is 0 Å². The quantitative estimate of drug-likeness (QED) is 0.541. The monoisotopic (exact) mass is 418 g/mol. The van der Waals surface area contributed by atoms with Crippen molar-refractivity contribution in [1.82, 2.24) is 0 Å². The summed E-state index contributed by atoms with van der Waals surface area (Å²) in [5.74, 6) is 0.248. The molecule has 0 amide bonds. The molecule has 3 unspecified atom stereocenters. The van der Waals surface area contributed by atoms with Gasteiger partial charge in [-0.05, 0) is 56.0 Å². The molecule has 1 heterocycles. The van der Waals surface area contributed by atoms with Crippen LogP contribution in [0.3, 0.4) is 0 Å². The normalized spacial score (nSPS) is 25.7. The fourth-order valence-corrected chi connectivity index (χ4v) is 3.95. The minimum absolute atomic E-state index is 0.0546.